The normalized spacial score (nSPS) is 11.4. The highest BCUT2D eigenvalue weighted by Gasteiger charge is 2.22. The molecule has 31 heavy (non-hydrogen) atoms. The van der Waals surface area contributed by atoms with Crippen molar-refractivity contribution in [1.82, 2.24) is 0 Å². The molecule has 1 N–H and O–H groups in total. The van der Waals surface area contributed by atoms with E-state index in [1.54, 1.807) is 11.1 Å². The summed E-state index contributed by atoms with van der Waals surface area (Å²) in [6, 6.07) is 0. The van der Waals surface area contributed by atoms with Crippen molar-refractivity contribution in [1.29, 1.82) is 0 Å². The number of hydrogen-bond acceptors (Lipinski definition) is 1. The van der Waals surface area contributed by atoms with Gasteiger partial charge in [-0.3, -0.25) is 0 Å². The molecule has 0 unspecified atom stereocenters. The summed E-state index contributed by atoms with van der Waals surface area (Å²) in [7, 11) is 0. The number of rotatable bonds is 19. The van der Waals surface area contributed by atoms with Gasteiger partial charge in [-0.15, -0.1) is 0 Å². The number of unbranched alkanes of at least 4 members (excludes halogenated alkanes) is 9. The van der Waals surface area contributed by atoms with Gasteiger partial charge in [-0.2, -0.15) is 0 Å². The van der Waals surface area contributed by atoms with Gasteiger partial charge in [-0.05, 0) is 79.2 Å². The van der Waals surface area contributed by atoms with E-state index in [-0.39, 0.29) is 0 Å². The molecular formula is C30H54O. The smallest absolute Gasteiger partial charge is 0.122 e. The Kier molecular flexibility index (Phi) is 15.9. The summed E-state index contributed by atoms with van der Waals surface area (Å²) < 4.78 is 0. The quantitative estimate of drug-likeness (QED) is 0.216. The molecule has 0 spiro atoms. The maximum absolute atomic E-state index is 11.4. The zero-order valence-corrected chi connectivity index (χ0v) is 21.9. The van der Waals surface area contributed by atoms with E-state index in [0.29, 0.717) is 5.75 Å². The van der Waals surface area contributed by atoms with Crippen LogP contribution in [0.2, 0.25) is 0 Å². The maximum atomic E-state index is 11.4. The number of phenolic OH excluding ortho intramolecular Hbond substituents is 1. The van der Waals surface area contributed by atoms with Crippen LogP contribution in [0.25, 0.3) is 0 Å². The van der Waals surface area contributed by atoms with Crippen LogP contribution in [0.4, 0.5) is 0 Å². The third-order valence-corrected chi connectivity index (χ3v) is 6.87. The van der Waals surface area contributed by atoms with Crippen LogP contribution in [0, 0.1) is 0 Å². The van der Waals surface area contributed by atoms with Gasteiger partial charge < -0.3 is 5.11 Å². The van der Waals surface area contributed by atoms with Crippen LogP contribution in [-0.2, 0) is 32.1 Å². The van der Waals surface area contributed by atoms with Crippen molar-refractivity contribution in [2.75, 3.05) is 0 Å². The molecule has 0 aromatic heterocycles. The first kappa shape index (κ1) is 28.1. The molecule has 0 fully saturated rings. The number of benzene rings is 1. The Labute approximate surface area is 195 Å². The molecule has 0 aliphatic heterocycles. The Morgan fingerprint density at radius 2 is 0.710 bits per heavy atom. The highest BCUT2D eigenvalue weighted by molar-refractivity contribution is 5.56. The van der Waals surface area contributed by atoms with Crippen LogP contribution in [0.5, 0.6) is 5.75 Å². The van der Waals surface area contributed by atoms with Gasteiger partial charge in [0.2, 0.25) is 0 Å². The van der Waals surface area contributed by atoms with Crippen LogP contribution in [0.1, 0.15) is 152 Å². The van der Waals surface area contributed by atoms with E-state index in [1.165, 1.54) is 113 Å². The second kappa shape index (κ2) is 17.6. The average Bonchev–Trinajstić information content (AvgIpc) is 2.77. The van der Waals surface area contributed by atoms with Crippen molar-refractivity contribution in [2.24, 2.45) is 0 Å². The largest absolute Gasteiger partial charge is 0.507 e. The van der Waals surface area contributed by atoms with Crippen LogP contribution in [0.15, 0.2) is 0 Å². The number of aromatic hydroxyl groups is 1. The lowest BCUT2D eigenvalue weighted by atomic mass is 9.81. The topological polar surface area (TPSA) is 20.2 Å². The highest BCUT2D eigenvalue weighted by Crippen LogP contribution is 2.38. The Morgan fingerprint density at radius 3 is 1.19 bits per heavy atom. The van der Waals surface area contributed by atoms with E-state index in [1.807, 2.05) is 0 Å². The van der Waals surface area contributed by atoms with Crippen molar-refractivity contribution < 1.29 is 5.11 Å². The van der Waals surface area contributed by atoms with E-state index < -0.39 is 0 Å². The molecule has 1 heteroatoms. The van der Waals surface area contributed by atoms with Crippen LogP contribution < -0.4 is 0 Å². The van der Waals surface area contributed by atoms with E-state index in [9.17, 15) is 5.11 Å². The Balaban J connectivity index is 3.32. The zero-order chi connectivity index (χ0) is 22.9. The van der Waals surface area contributed by atoms with Crippen molar-refractivity contribution in [2.45, 2.75) is 157 Å². The third-order valence-electron chi connectivity index (χ3n) is 6.87. The molecule has 0 heterocycles. The van der Waals surface area contributed by atoms with Gasteiger partial charge in [0.1, 0.15) is 5.75 Å². The van der Waals surface area contributed by atoms with Crippen LogP contribution in [-0.4, -0.2) is 5.11 Å². The molecule has 1 nitrogen and oxygen atoms in total. The van der Waals surface area contributed by atoms with E-state index in [0.717, 1.165) is 25.7 Å². The van der Waals surface area contributed by atoms with E-state index in [4.69, 9.17) is 0 Å². The molecule has 1 rings (SSSR count). The first-order valence-electron chi connectivity index (χ1n) is 14.0. The van der Waals surface area contributed by atoms with Crippen molar-refractivity contribution in [3.05, 3.63) is 27.8 Å². The second-order valence-corrected chi connectivity index (χ2v) is 9.67. The lowest BCUT2D eigenvalue weighted by Gasteiger charge is -2.25. The summed E-state index contributed by atoms with van der Waals surface area (Å²) in [4.78, 5) is 0. The highest BCUT2D eigenvalue weighted by atomic mass is 16.3. The predicted molar refractivity (Wildman–Crippen MR) is 140 cm³/mol. The standard InChI is InChI=1S/C30H54O/c1-6-11-14-16-18-23-26-25(20-9-4)28(21-10-5)30(31)29(22-13-8-3)27(26)24-19-17-15-12-7-2/h31H,6-24H2,1-5H3. The zero-order valence-electron chi connectivity index (χ0n) is 21.9. The SMILES string of the molecule is CCCCCCCc1c(CCCC)c(O)c(CCC)c(CCC)c1CCCCCCC. The summed E-state index contributed by atoms with van der Waals surface area (Å²) >= 11 is 0. The fourth-order valence-corrected chi connectivity index (χ4v) is 5.12. The average molecular weight is 431 g/mol. The summed E-state index contributed by atoms with van der Waals surface area (Å²) in [5.41, 5.74) is 7.36. The lowest BCUT2D eigenvalue weighted by Crippen LogP contribution is -2.11. The van der Waals surface area contributed by atoms with Crippen molar-refractivity contribution in [3.63, 3.8) is 0 Å². The molecule has 0 aliphatic carbocycles. The fourth-order valence-electron chi connectivity index (χ4n) is 5.12. The predicted octanol–water partition coefficient (Wildman–Crippen LogP) is 9.67. The first-order valence-corrected chi connectivity index (χ1v) is 14.0. The van der Waals surface area contributed by atoms with Gasteiger partial charge in [0.05, 0.1) is 0 Å². The minimum Gasteiger partial charge on any atom is -0.507 e. The van der Waals surface area contributed by atoms with Crippen LogP contribution >= 0.6 is 0 Å². The minimum absolute atomic E-state index is 0.678. The Morgan fingerprint density at radius 1 is 0.355 bits per heavy atom. The molecule has 0 saturated heterocycles. The van der Waals surface area contributed by atoms with Gasteiger partial charge >= 0.3 is 0 Å². The molecular weight excluding hydrogens is 376 g/mol. The molecule has 0 atom stereocenters. The first-order chi connectivity index (χ1) is 15.2. The van der Waals surface area contributed by atoms with Gasteiger partial charge in [0, 0.05) is 0 Å². The Bertz CT molecular complexity index is 587. The maximum Gasteiger partial charge on any atom is 0.122 e. The summed E-state index contributed by atoms with van der Waals surface area (Å²) in [5.74, 6) is 0.678. The molecule has 0 saturated carbocycles. The third kappa shape index (κ3) is 9.58. The number of phenols is 1. The van der Waals surface area contributed by atoms with E-state index >= 15 is 0 Å². The fraction of sp³-hybridized carbons (Fsp3) is 0.800. The van der Waals surface area contributed by atoms with E-state index in [2.05, 4.69) is 34.6 Å². The molecule has 0 bridgehead atoms. The van der Waals surface area contributed by atoms with Gasteiger partial charge in [0.15, 0.2) is 0 Å². The lowest BCUT2D eigenvalue weighted by molar-refractivity contribution is 0.455. The summed E-state index contributed by atoms with van der Waals surface area (Å²) in [5, 5.41) is 11.4. The van der Waals surface area contributed by atoms with Gasteiger partial charge in [-0.1, -0.05) is 105 Å². The summed E-state index contributed by atoms with van der Waals surface area (Å²) in [6.45, 7) is 11.4. The molecule has 0 amide bonds. The second-order valence-electron chi connectivity index (χ2n) is 9.67. The molecule has 0 aliphatic rings. The Hall–Kier alpha value is -0.980. The molecule has 1 aromatic carbocycles. The molecule has 0 radical (unpaired) electrons. The minimum atomic E-state index is 0.678. The molecule has 180 valence electrons. The van der Waals surface area contributed by atoms with Crippen LogP contribution in [0.3, 0.4) is 0 Å². The summed E-state index contributed by atoms with van der Waals surface area (Å²) in [6.07, 6.45) is 23.6. The monoisotopic (exact) mass is 430 g/mol. The number of hydrogen-bond donors (Lipinski definition) is 1. The van der Waals surface area contributed by atoms with Crippen molar-refractivity contribution in [3.8, 4) is 5.75 Å². The molecule has 1 aromatic rings. The van der Waals surface area contributed by atoms with Crippen molar-refractivity contribution >= 4 is 0 Å². The van der Waals surface area contributed by atoms with Gasteiger partial charge in [-0.25, -0.2) is 0 Å². The van der Waals surface area contributed by atoms with Gasteiger partial charge in [0.25, 0.3) is 0 Å².